The van der Waals surface area contributed by atoms with E-state index >= 15 is 0 Å². The molecule has 6 heteroatoms. The molecule has 1 N–H and O–H groups in total. The highest BCUT2D eigenvalue weighted by molar-refractivity contribution is 7.89. The van der Waals surface area contributed by atoms with E-state index < -0.39 is 10.0 Å². The molecule has 0 aromatic carbocycles. The van der Waals surface area contributed by atoms with E-state index in [0.29, 0.717) is 23.6 Å². The van der Waals surface area contributed by atoms with Gasteiger partial charge in [0.25, 0.3) is 0 Å². The molecule has 0 spiro atoms. The van der Waals surface area contributed by atoms with Crippen molar-refractivity contribution in [3.63, 3.8) is 0 Å². The molecule has 3 fully saturated rings. The van der Waals surface area contributed by atoms with Gasteiger partial charge in [0.05, 0.1) is 5.75 Å². The summed E-state index contributed by atoms with van der Waals surface area (Å²) in [5, 5.41) is 3.31. The fraction of sp³-hybridized carbons (Fsp3) is 1.00. The maximum absolute atomic E-state index is 12.7. The van der Waals surface area contributed by atoms with Crippen molar-refractivity contribution < 1.29 is 8.42 Å². The summed E-state index contributed by atoms with van der Waals surface area (Å²) in [4.78, 5) is 2.44. The molecule has 0 radical (unpaired) electrons. The molecule has 0 aliphatic carbocycles. The molecule has 0 aromatic rings. The van der Waals surface area contributed by atoms with E-state index in [4.69, 9.17) is 0 Å². The van der Waals surface area contributed by atoms with Gasteiger partial charge in [-0.15, -0.1) is 0 Å². The van der Waals surface area contributed by atoms with E-state index in [9.17, 15) is 8.42 Å². The van der Waals surface area contributed by atoms with E-state index in [1.54, 1.807) is 4.31 Å². The first-order valence-corrected chi connectivity index (χ1v) is 10.1. The molecule has 5 nitrogen and oxygen atoms in total. The van der Waals surface area contributed by atoms with Crippen LogP contribution in [-0.4, -0.2) is 69.2 Å². The van der Waals surface area contributed by atoms with Crippen molar-refractivity contribution in [3.8, 4) is 0 Å². The van der Waals surface area contributed by atoms with Gasteiger partial charge >= 0.3 is 0 Å². The van der Waals surface area contributed by atoms with Crippen LogP contribution in [-0.2, 0) is 10.0 Å². The maximum Gasteiger partial charge on any atom is 0.214 e. The van der Waals surface area contributed by atoms with Crippen molar-refractivity contribution in [1.82, 2.24) is 14.5 Å². The van der Waals surface area contributed by atoms with E-state index in [1.165, 1.54) is 19.4 Å². The standard InChI is InChI=1S/C15H29N3O2S/c1-17-9-2-3-14-11-18(10-6-15(14)17)21(19,20)12-13-4-7-16-8-5-13/h13-16H,2-12H2,1H3. The number of hydrogen-bond donors (Lipinski definition) is 1. The minimum absolute atomic E-state index is 0.350. The zero-order chi connectivity index (χ0) is 14.9. The molecule has 3 aliphatic rings. The largest absolute Gasteiger partial charge is 0.317 e. The van der Waals surface area contributed by atoms with Gasteiger partial charge in [-0.2, -0.15) is 0 Å². The van der Waals surface area contributed by atoms with E-state index in [2.05, 4.69) is 17.3 Å². The molecule has 3 saturated heterocycles. The lowest BCUT2D eigenvalue weighted by Gasteiger charge is -2.45. The fourth-order valence-corrected chi connectivity index (χ4v) is 6.27. The van der Waals surface area contributed by atoms with Crippen LogP contribution in [0.25, 0.3) is 0 Å². The molecular weight excluding hydrogens is 286 g/mol. The molecule has 3 rings (SSSR count). The number of nitrogens with zero attached hydrogens (tertiary/aromatic N) is 2. The summed E-state index contributed by atoms with van der Waals surface area (Å²) in [6.45, 7) is 4.58. The number of sulfonamides is 1. The summed E-state index contributed by atoms with van der Waals surface area (Å²) in [7, 11) is -0.873. The second-order valence-corrected chi connectivity index (χ2v) is 9.08. The number of fused-ring (bicyclic) bond motifs is 1. The second kappa shape index (κ2) is 6.52. The van der Waals surface area contributed by atoms with Crippen LogP contribution in [0.2, 0.25) is 0 Å². The molecule has 122 valence electrons. The van der Waals surface area contributed by atoms with Gasteiger partial charge < -0.3 is 10.2 Å². The van der Waals surface area contributed by atoms with Gasteiger partial charge in [0.15, 0.2) is 0 Å². The molecule has 0 saturated carbocycles. The first-order chi connectivity index (χ1) is 10.1. The zero-order valence-corrected chi connectivity index (χ0v) is 13.9. The Morgan fingerprint density at radius 2 is 1.86 bits per heavy atom. The number of likely N-dealkylation sites (tertiary alicyclic amines) is 1. The Morgan fingerprint density at radius 3 is 2.62 bits per heavy atom. The van der Waals surface area contributed by atoms with Crippen LogP contribution in [0.4, 0.5) is 0 Å². The smallest absolute Gasteiger partial charge is 0.214 e. The van der Waals surface area contributed by atoms with E-state index in [1.807, 2.05) is 0 Å². The zero-order valence-electron chi connectivity index (χ0n) is 13.1. The van der Waals surface area contributed by atoms with Crippen LogP contribution in [0, 0.1) is 11.8 Å². The van der Waals surface area contributed by atoms with Crippen molar-refractivity contribution in [3.05, 3.63) is 0 Å². The molecule has 3 heterocycles. The topological polar surface area (TPSA) is 52.7 Å². The summed E-state index contributed by atoms with van der Waals surface area (Å²) in [5.74, 6) is 1.25. The SMILES string of the molecule is CN1CCCC2CN(S(=O)(=O)CC3CCNCC3)CCC21. The molecular formula is C15H29N3O2S. The number of nitrogens with one attached hydrogen (secondary N) is 1. The molecule has 2 unspecified atom stereocenters. The second-order valence-electron chi connectivity index (χ2n) is 7.07. The average molecular weight is 315 g/mol. The van der Waals surface area contributed by atoms with Crippen LogP contribution in [0.15, 0.2) is 0 Å². The molecule has 3 aliphatic heterocycles. The lowest BCUT2D eigenvalue weighted by atomic mass is 9.85. The van der Waals surface area contributed by atoms with E-state index in [0.717, 1.165) is 45.4 Å². The van der Waals surface area contributed by atoms with Gasteiger partial charge in [-0.25, -0.2) is 12.7 Å². The summed E-state index contributed by atoms with van der Waals surface area (Å²) in [6, 6.07) is 0.601. The summed E-state index contributed by atoms with van der Waals surface area (Å²) in [5.41, 5.74) is 0. The fourth-order valence-electron chi connectivity index (χ4n) is 4.32. The number of piperidine rings is 3. The van der Waals surface area contributed by atoms with Gasteiger partial charge in [-0.05, 0) is 70.6 Å². The Kier molecular flexibility index (Phi) is 4.88. The molecule has 21 heavy (non-hydrogen) atoms. The summed E-state index contributed by atoms with van der Waals surface area (Å²) < 4.78 is 27.2. The van der Waals surface area contributed by atoms with Crippen molar-refractivity contribution in [1.29, 1.82) is 0 Å². The molecule has 0 amide bonds. The van der Waals surface area contributed by atoms with Crippen molar-refractivity contribution in [2.45, 2.75) is 38.1 Å². The maximum atomic E-state index is 12.7. The Morgan fingerprint density at radius 1 is 1.10 bits per heavy atom. The van der Waals surface area contributed by atoms with Crippen molar-refractivity contribution >= 4 is 10.0 Å². The minimum Gasteiger partial charge on any atom is -0.317 e. The molecule has 0 bridgehead atoms. The van der Waals surface area contributed by atoms with E-state index in [-0.39, 0.29) is 0 Å². The highest BCUT2D eigenvalue weighted by Gasteiger charge is 2.38. The Balaban J connectivity index is 1.60. The van der Waals surface area contributed by atoms with Gasteiger partial charge in [0, 0.05) is 19.1 Å². The lowest BCUT2D eigenvalue weighted by Crippen LogP contribution is -2.54. The summed E-state index contributed by atoms with van der Waals surface area (Å²) in [6.07, 6.45) is 5.41. The van der Waals surface area contributed by atoms with Gasteiger partial charge in [-0.1, -0.05) is 0 Å². The molecule has 0 aromatic heterocycles. The van der Waals surface area contributed by atoms with Gasteiger partial charge in [-0.3, -0.25) is 0 Å². The predicted molar refractivity (Wildman–Crippen MR) is 84.7 cm³/mol. The Hall–Kier alpha value is -0.170. The van der Waals surface area contributed by atoms with Crippen LogP contribution in [0.5, 0.6) is 0 Å². The van der Waals surface area contributed by atoms with Gasteiger partial charge in [0.2, 0.25) is 10.0 Å². The summed E-state index contributed by atoms with van der Waals surface area (Å²) >= 11 is 0. The van der Waals surface area contributed by atoms with Crippen molar-refractivity contribution in [2.24, 2.45) is 11.8 Å². The van der Waals surface area contributed by atoms with Crippen molar-refractivity contribution in [2.75, 3.05) is 45.5 Å². The van der Waals surface area contributed by atoms with Crippen LogP contribution in [0.3, 0.4) is 0 Å². The normalized spacial score (nSPS) is 33.8. The third-order valence-corrected chi connectivity index (χ3v) is 7.62. The highest BCUT2D eigenvalue weighted by atomic mass is 32.2. The monoisotopic (exact) mass is 315 g/mol. The first-order valence-electron chi connectivity index (χ1n) is 8.45. The number of hydrogen-bond acceptors (Lipinski definition) is 4. The van der Waals surface area contributed by atoms with Crippen LogP contribution < -0.4 is 5.32 Å². The predicted octanol–water partition coefficient (Wildman–Crippen LogP) is 0.732. The molecule has 2 atom stereocenters. The third kappa shape index (κ3) is 3.60. The highest BCUT2D eigenvalue weighted by Crippen LogP contribution is 2.31. The van der Waals surface area contributed by atoms with Gasteiger partial charge in [0.1, 0.15) is 0 Å². The lowest BCUT2D eigenvalue weighted by molar-refractivity contribution is 0.0669. The third-order valence-electron chi connectivity index (χ3n) is 5.61. The van der Waals surface area contributed by atoms with Crippen LogP contribution >= 0.6 is 0 Å². The Bertz CT molecular complexity index is 448. The first kappa shape index (κ1) is 15.7. The Labute approximate surface area is 129 Å². The minimum atomic E-state index is -3.06. The number of rotatable bonds is 3. The van der Waals surface area contributed by atoms with Crippen LogP contribution in [0.1, 0.15) is 32.1 Å². The quantitative estimate of drug-likeness (QED) is 0.834. The average Bonchev–Trinajstić information content (AvgIpc) is 2.48.